The Hall–Kier alpha value is -2.01. The second-order valence-electron chi connectivity index (χ2n) is 6.26. The molecule has 2 atom stereocenters. The summed E-state index contributed by atoms with van der Waals surface area (Å²) in [5, 5.41) is 13.5. The van der Waals surface area contributed by atoms with Crippen molar-refractivity contribution in [3.05, 3.63) is 30.6 Å². The molecule has 1 aromatic heterocycles. The number of anilines is 1. The van der Waals surface area contributed by atoms with Gasteiger partial charge in [-0.1, -0.05) is 18.6 Å². The Morgan fingerprint density at radius 1 is 1.35 bits per heavy atom. The number of unbranched alkanes of at least 4 members (excludes halogenated alkanes) is 1. The van der Waals surface area contributed by atoms with Crippen LogP contribution in [0.4, 0.5) is 5.69 Å². The molecule has 5 heteroatoms. The van der Waals surface area contributed by atoms with Crippen LogP contribution in [0.3, 0.4) is 0 Å². The largest absolute Gasteiger partial charge is 0.494 e. The molecule has 23 heavy (non-hydrogen) atoms. The van der Waals surface area contributed by atoms with Crippen LogP contribution in [0.2, 0.25) is 0 Å². The normalized spacial score (nSPS) is 20.3. The van der Waals surface area contributed by atoms with Gasteiger partial charge in [-0.25, -0.2) is 0 Å². The first kappa shape index (κ1) is 15.9. The SMILES string of the molecule is COc1c(N)cccc1-c1cnn([C@@H]2CCC2CCCCO)c1. The number of aliphatic hydroxyl groups is 1. The maximum Gasteiger partial charge on any atom is 0.149 e. The molecule has 0 radical (unpaired) electrons. The minimum Gasteiger partial charge on any atom is -0.494 e. The number of aliphatic hydroxyl groups excluding tert-OH is 1. The van der Waals surface area contributed by atoms with Crippen LogP contribution in [-0.2, 0) is 0 Å². The van der Waals surface area contributed by atoms with Crippen LogP contribution < -0.4 is 10.5 Å². The van der Waals surface area contributed by atoms with Crippen molar-refractivity contribution in [1.29, 1.82) is 0 Å². The van der Waals surface area contributed by atoms with E-state index in [-0.39, 0.29) is 0 Å². The number of hydrogen-bond acceptors (Lipinski definition) is 4. The van der Waals surface area contributed by atoms with E-state index in [1.807, 2.05) is 24.4 Å². The highest BCUT2D eigenvalue weighted by atomic mass is 16.5. The minimum absolute atomic E-state index is 0.290. The number of rotatable bonds is 7. The van der Waals surface area contributed by atoms with Crippen LogP contribution in [0, 0.1) is 5.92 Å². The van der Waals surface area contributed by atoms with Crippen molar-refractivity contribution in [2.24, 2.45) is 5.92 Å². The van der Waals surface area contributed by atoms with Gasteiger partial charge in [0.1, 0.15) is 5.75 Å². The van der Waals surface area contributed by atoms with Crippen molar-refractivity contribution in [3.63, 3.8) is 0 Å². The zero-order chi connectivity index (χ0) is 16.2. The molecule has 1 aliphatic rings. The summed E-state index contributed by atoms with van der Waals surface area (Å²) in [5.74, 6) is 1.39. The number of aromatic nitrogens is 2. The monoisotopic (exact) mass is 315 g/mol. The van der Waals surface area contributed by atoms with Crippen LogP contribution in [0.15, 0.2) is 30.6 Å². The Labute approximate surface area is 137 Å². The summed E-state index contributed by atoms with van der Waals surface area (Å²) in [5.41, 5.74) is 8.65. The fourth-order valence-electron chi connectivity index (χ4n) is 3.42. The average Bonchev–Trinajstić information content (AvgIpc) is 2.99. The molecule has 0 bridgehead atoms. The van der Waals surface area contributed by atoms with E-state index >= 15 is 0 Å². The van der Waals surface area contributed by atoms with E-state index in [2.05, 4.69) is 16.0 Å². The summed E-state index contributed by atoms with van der Waals surface area (Å²) >= 11 is 0. The summed E-state index contributed by atoms with van der Waals surface area (Å²) in [6, 6.07) is 6.27. The fraction of sp³-hybridized carbons (Fsp3) is 0.500. The van der Waals surface area contributed by atoms with Crippen molar-refractivity contribution >= 4 is 5.69 Å². The molecule has 1 aromatic carbocycles. The molecule has 1 heterocycles. The third-order valence-corrected chi connectivity index (χ3v) is 4.86. The van der Waals surface area contributed by atoms with Gasteiger partial charge in [0, 0.05) is 23.9 Å². The molecular formula is C18H25N3O2. The Morgan fingerprint density at radius 3 is 2.91 bits per heavy atom. The summed E-state index contributed by atoms with van der Waals surface area (Å²) < 4.78 is 7.53. The highest BCUT2D eigenvalue weighted by Crippen LogP contribution is 2.42. The van der Waals surface area contributed by atoms with Gasteiger partial charge < -0.3 is 15.6 Å². The van der Waals surface area contributed by atoms with Gasteiger partial charge in [-0.3, -0.25) is 4.68 Å². The number of ether oxygens (including phenoxy) is 1. The third kappa shape index (κ3) is 3.20. The number of hydrogen-bond donors (Lipinski definition) is 2. The van der Waals surface area contributed by atoms with E-state index < -0.39 is 0 Å². The van der Waals surface area contributed by atoms with Gasteiger partial charge >= 0.3 is 0 Å². The highest BCUT2D eigenvalue weighted by Gasteiger charge is 2.32. The number of para-hydroxylation sites is 1. The van der Waals surface area contributed by atoms with E-state index in [9.17, 15) is 0 Å². The Bertz CT molecular complexity index is 653. The van der Waals surface area contributed by atoms with Crippen LogP contribution in [0.25, 0.3) is 11.1 Å². The van der Waals surface area contributed by atoms with Crippen molar-refractivity contribution in [3.8, 4) is 16.9 Å². The molecule has 3 N–H and O–H groups in total. The fourth-order valence-corrected chi connectivity index (χ4v) is 3.42. The second kappa shape index (κ2) is 7.04. The molecule has 124 valence electrons. The van der Waals surface area contributed by atoms with Gasteiger partial charge in [0.2, 0.25) is 0 Å². The summed E-state index contributed by atoms with van der Waals surface area (Å²) in [4.78, 5) is 0. The average molecular weight is 315 g/mol. The maximum atomic E-state index is 8.91. The number of methoxy groups -OCH3 is 1. The maximum absolute atomic E-state index is 8.91. The number of nitrogens with two attached hydrogens (primary N) is 1. The lowest BCUT2D eigenvalue weighted by molar-refractivity contribution is 0.149. The summed E-state index contributed by atoms with van der Waals surface area (Å²) in [6.45, 7) is 0.290. The molecule has 0 saturated heterocycles. The van der Waals surface area contributed by atoms with Crippen molar-refractivity contribution < 1.29 is 9.84 Å². The van der Waals surface area contributed by atoms with E-state index in [0.29, 0.717) is 30.0 Å². The van der Waals surface area contributed by atoms with Gasteiger partial charge in [0.15, 0.2) is 0 Å². The lowest BCUT2D eigenvalue weighted by Crippen LogP contribution is -2.29. The van der Waals surface area contributed by atoms with Gasteiger partial charge in [0.25, 0.3) is 0 Å². The second-order valence-corrected chi connectivity index (χ2v) is 6.26. The third-order valence-electron chi connectivity index (χ3n) is 4.86. The smallest absolute Gasteiger partial charge is 0.149 e. The molecule has 1 aliphatic carbocycles. The van der Waals surface area contributed by atoms with Gasteiger partial charge in [-0.05, 0) is 37.7 Å². The lowest BCUT2D eigenvalue weighted by atomic mass is 9.76. The molecular weight excluding hydrogens is 290 g/mol. The first-order valence-electron chi connectivity index (χ1n) is 8.32. The minimum atomic E-state index is 0.290. The van der Waals surface area contributed by atoms with Crippen LogP contribution in [0.5, 0.6) is 5.75 Å². The predicted molar refractivity (Wildman–Crippen MR) is 91.3 cm³/mol. The molecule has 0 spiro atoms. The van der Waals surface area contributed by atoms with Gasteiger partial charge in [-0.2, -0.15) is 5.10 Å². The number of nitrogens with zero attached hydrogens (tertiary/aromatic N) is 2. The van der Waals surface area contributed by atoms with E-state index in [4.69, 9.17) is 15.6 Å². The van der Waals surface area contributed by atoms with E-state index in [1.165, 1.54) is 19.3 Å². The summed E-state index contributed by atoms with van der Waals surface area (Å²) in [6.07, 6.45) is 9.58. The number of nitrogen functional groups attached to an aromatic ring is 1. The molecule has 5 nitrogen and oxygen atoms in total. The van der Waals surface area contributed by atoms with Crippen molar-refractivity contribution in [2.45, 2.75) is 38.1 Å². The lowest BCUT2D eigenvalue weighted by Gasteiger charge is -2.36. The van der Waals surface area contributed by atoms with Crippen LogP contribution in [0.1, 0.15) is 38.1 Å². The molecule has 0 amide bonds. The van der Waals surface area contributed by atoms with E-state index in [0.717, 1.165) is 24.0 Å². The van der Waals surface area contributed by atoms with Gasteiger partial charge in [-0.15, -0.1) is 0 Å². The quantitative estimate of drug-likeness (QED) is 0.607. The topological polar surface area (TPSA) is 73.3 Å². The van der Waals surface area contributed by atoms with Crippen LogP contribution in [-0.4, -0.2) is 28.6 Å². The first-order chi connectivity index (χ1) is 11.2. The molecule has 0 aliphatic heterocycles. The zero-order valence-electron chi connectivity index (χ0n) is 13.6. The first-order valence-corrected chi connectivity index (χ1v) is 8.32. The number of benzene rings is 1. The van der Waals surface area contributed by atoms with Crippen molar-refractivity contribution in [2.75, 3.05) is 19.5 Å². The Morgan fingerprint density at radius 2 is 2.22 bits per heavy atom. The molecule has 2 aromatic rings. The standard InChI is InChI=1S/C18H25N3O2/c1-23-18-15(6-4-7-16(18)19)14-11-20-21(12-14)17-9-8-13(17)5-2-3-10-22/h4,6-7,11-13,17,22H,2-3,5,8-10,19H2,1H3/t13?,17-/m1/s1. The summed E-state index contributed by atoms with van der Waals surface area (Å²) in [7, 11) is 1.64. The molecule has 1 saturated carbocycles. The van der Waals surface area contributed by atoms with Crippen molar-refractivity contribution in [1.82, 2.24) is 9.78 Å². The molecule has 1 fully saturated rings. The Balaban J connectivity index is 1.75. The Kier molecular flexibility index (Phi) is 4.86. The van der Waals surface area contributed by atoms with Gasteiger partial charge in [0.05, 0.1) is 25.0 Å². The van der Waals surface area contributed by atoms with E-state index in [1.54, 1.807) is 7.11 Å². The molecule has 1 unspecified atom stereocenters. The highest BCUT2D eigenvalue weighted by molar-refractivity contribution is 5.76. The predicted octanol–water partition coefficient (Wildman–Crippen LogP) is 3.25. The zero-order valence-corrected chi connectivity index (χ0v) is 13.6. The molecule has 3 rings (SSSR count). The van der Waals surface area contributed by atoms with Crippen LogP contribution >= 0.6 is 0 Å².